The first-order chi connectivity index (χ1) is 6.96. The third-order valence-electron chi connectivity index (χ3n) is 2.44. The van der Waals surface area contributed by atoms with Gasteiger partial charge in [0.1, 0.15) is 6.61 Å². The summed E-state index contributed by atoms with van der Waals surface area (Å²) in [6.07, 6.45) is 0.00222. The van der Waals surface area contributed by atoms with E-state index >= 15 is 0 Å². The molecule has 0 bridgehead atoms. The molecule has 0 aliphatic carbocycles. The predicted molar refractivity (Wildman–Crippen MR) is 65.1 cm³/mol. The Hall–Kier alpha value is -0.640. The highest BCUT2D eigenvalue weighted by atomic mass is 16.6. The van der Waals surface area contributed by atoms with Crippen molar-refractivity contribution < 1.29 is 9.66 Å². The number of hydrogen-bond donors (Lipinski definition) is 0. The molecule has 1 atom stereocenters. The first-order valence-corrected chi connectivity index (χ1v) is 5.71. The van der Waals surface area contributed by atoms with E-state index in [1.165, 1.54) is 0 Å². The minimum atomic E-state index is -0.646. The van der Waals surface area contributed by atoms with Gasteiger partial charge in [-0.15, -0.1) is 0 Å². The zero-order valence-corrected chi connectivity index (χ0v) is 11.5. The smallest absolute Gasteiger partial charge is 0.233 e. The Morgan fingerprint density at radius 3 is 1.75 bits per heavy atom. The van der Waals surface area contributed by atoms with Crippen molar-refractivity contribution in [1.29, 1.82) is 0 Å². The lowest BCUT2D eigenvalue weighted by atomic mass is 9.74. The minimum absolute atomic E-state index is 0.00222. The van der Waals surface area contributed by atoms with E-state index in [1.807, 2.05) is 0 Å². The lowest BCUT2D eigenvalue weighted by Gasteiger charge is -2.40. The van der Waals surface area contributed by atoms with E-state index in [0.29, 0.717) is 0 Å². The molecule has 0 saturated heterocycles. The molecule has 0 aliphatic rings. The van der Waals surface area contributed by atoms with Crippen LogP contribution < -0.4 is 0 Å². The highest BCUT2D eigenvalue weighted by Crippen LogP contribution is 2.36. The van der Waals surface area contributed by atoms with E-state index in [0.717, 1.165) is 0 Å². The van der Waals surface area contributed by atoms with Crippen LogP contribution in [-0.4, -0.2) is 23.7 Å². The van der Waals surface area contributed by atoms with Crippen LogP contribution in [0.15, 0.2) is 0 Å². The van der Waals surface area contributed by atoms with Gasteiger partial charge in [0.15, 0.2) is 0 Å². The van der Waals surface area contributed by atoms with Gasteiger partial charge in [-0.25, -0.2) is 0 Å². The molecule has 0 N–H and O–H groups in total. The van der Waals surface area contributed by atoms with Gasteiger partial charge in [0.05, 0.1) is 6.10 Å². The molecule has 96 valence electrons. The summed E-state index contributed by atoms with van der Waals surface area (Å²) in [5.74, 6) is 0. The van der Waals surface area contributed by atoms with Crippen molar-refractivity contribution in [3.05, 3.63) is 10.1 Å². The second-order valence-corrected chi connectivity index (χ2v) is 6.58. The number of nitro groups is 1. The minimum Gasteiger partial charge on any atom is -0.370 e. The molecule has 4 nitrogen and oxygen atoms in total. The molecule has 0 aliphatic heterocycles. The van der Waals surface area contributed by atoms with Gasteiger partial charge in [-0.1, -0.05) is 41.5 Å². The molecule has 0 amide bonds. The molecule has 0 saturated carbocycles. The van der Waals surface area contributed by atoms with Gasteiger partial charge in [-0.3, -0.25) is 10.1 Å². The molecule has 0 radical (unpaired) electrons. The summed E-state index contributed by atoms with van der Waals surface area (Å²) in [6, 6.07) is -0.646. The molecular formula is C12H25NO3. The summed E-state index contributed by atoms with van der Waals surface area (Å²) in [4.78, 5) is 10.2. The van der Waals surface area contributed by atoms with Gasteiger partial charge >= 0.3 is 0 Å². The Labute approximate surface area is 98.5 Å². The van der Waals surface area contributed by atoms with E-state index in [4.69, 9.17) is 4.74 Å². The van der Waals surface area contributed by atoms with Crippen LogP contribution in [0.3, 0.4) is 0 Å². The van der Waals surface area contributed by atoms with Crippen LogP contribution >= 0.6 is 0 Å². The van der Waals surface area contributed by atoms with Gasteiger partial charge in [0.2, 0.25) is 6.04 Å². The average Bonchev–Trinajstić information content (AvgIpc) is 1.98. The van der Waals surface area contributed by atoms with Crippen molar-refractivity contribution in [2.75, 3.05) is 6.61 Å². The maximum atomic E-state index is 10.5. The molecule has 0 aromatic rings. The highest BCUT2D eigenvalue weighted by molar-refractivity contribution is 4.85. The monoisotopic (exact) mass is 231 g/mol. The summed E-state index contributed by atoms with van der Waals surface area (Å²) < 4.78 is 5.75. The molecule has 0 heterocycles. The SMILES string of the molecule is CC(COC(C(C)(C)C)C(C)(C)C)[N+](=O)[O-]. The highest BCUT2D eigenvalue weighted by Gasteiger charge is 2.36. The van der Waals surface area contributed by atoms with Gasteiger partial charge < -0.3 is 4.74 Å². The summed E-state index contributed by atoms with van der Waals surface area (Å²) in [5.41, 5.74) is -0.0386. The summed E-state index contributed by atoms with van der Waals surface area (Å²) in [5, 5.41) is 10.5. The molecule has 0 fully saturated rings. The van der Waals surface area contributed by atoms with Gasteiger partial charge in [0, 0.05) is 11.8 Å². The molecule has 0 spiro atoms. The second-order valence-electron chi connectivity index (χ2n) is 6.58. The Kier molecular flexibility index (Phi) is 4.92. The first-order valence-electron chi connectivity index (χ1n) is 5.71. The lowest BCUT2D eigenvalue weighted by molar-refractivity contribution is -0.523. The van der Waals surface area contributed by atoms with E-state index in [-0.39, 0.29) is 28.5 Å². The van der Waals surface area contributed by atoms with Crippen molar-refractivity contribution in [2.24, 2.45) is 10.8 Å². The number of hydrogen-bond acceptors (Lipinski definition) is 3. The van der Waals surface area contributed by atoms with E-state index in [9.17, 15) is 10.1 Å². The molecule has 0 rings (SSSR count). The van der Waals surface area contributed by atoms with Crippen molar-refractivity contribution >= 4 is 0 Å². The van der Waals surface area contributed by atoms with Crippen molar-refractivity contribution in [1.82, 2.24) is 0 Å². The quantitative estimate of drug-likeness (QED) is 0.551. The third-order valence-corrected chi connectivity index (χ3v) is 2.44. The number of ether oxygens (including phenoxy) is 1. The van der Waals surface area contributed by atoms with Crippen molar-refractivity contribution in [2.45, 2.75) is 60.6 Å². The Morgan fingerprint density at radius 2 is 1.50 bits per heavy atom. The molecule has 0 aromatic carbocycles. The second kappa shape index (κ2) is 5.13. The van der Waals surface area contributed by atoms with Gasteiger partial charge in [0.25, 0.3) is 0 Å². The lowest BCUT2D eigenvalue weighted by Crippen LogP contribution is -2.42. The van der Waals surface area contributed by atoms with Crippen molar-refractivity contribution in [3.8, 4) is 0 Å². The van der Waals surface area contributed by atoms with Crippen LogP contribution in [0.4, 0.5) is 0 Å². The molecule has 0 aromatic heterocycles. The summed E-state index contributed by atoms with van der Waals surface area (Å²) in [7, 11) is 0. The van der Waals surface area contributed by atoms with Crippen LogP contribution in [0.5, 0.6) is 0 Å². The van der Waals surface area contributed by atoms with Crippen LogP contribution in [0, 0.1) is 20.9 Å². The zero-order chi connectivity index (χ0) is 13.1. The molecule has 4 heteroatoms. The fourth-order valence-electron chi connectivity index (χ4n) is 2.10. The summed E-state index contributed by atoms with van der Waals surface area (Å²) >= 11 is 0. The maximum absolute atomic E-state index is 10.5. The van der Waals surface area contributed by atoms with Crippen LogP contribution in [0.25, 0.3) is 0 Å². The number of rotatable bonds is 4. The Bertz CT molecular complexity index is 224. The van der Waals surface area contributed by atoms with E-state index < -0.39 is 6.04 Å². The van der Waals surface area contributed by atoms with Gasteiger partial charge in [-0.2, -0.15) is 0 Å². The molecule has 16 heavy (non-hydrogen) atoms. The fourth-order valence-corrected chi connectivity index (χ4v) is 2.10. The van der Waals surface area contributed by atoms with Crippen LogP contribution in [-0.2, 0) is 4.74 Å². The van der Waals surface area contributed by atoms with Crippen LogP contribution in [0.1, 0.15) is 48.5 Å². The fraction of sp³-hybridized carbons (Fsp3) is 1.00. The number of nitrogens with zero attached hydrogens (tertiary/aromatic N) is 1. The van der Waals surface area contributed by atoms with E-state index in [2.05, 4.69) is 41.5 Å². The molecular weight excluding hydrogens is 206 g/mol. The average molecular weight is 231 g/mol. The zero-order valence-electron chi connectivity index (χ0n) is 11.5. The van der Waals surface area contributed by atoms with Gasteiger partial charge in [-0.05, 0) is 10.8 Å². The van der Waals surface area contributed by atoms with Crippen molar-refractivity contribution in [3.63, 3.8) is 0 Å². The summed E-state index contributed by atoms with van der Waals surface area (Å²) in [6.45, 7) is 14.3. The van der Waals surface area contributed by atoms with Crippen LogP contribution in [0.2, 0.25) is 0 Å². The largest absolute Gasteiger partial charge is 0.370 e. The maximum Gasteiger partial charge on any atom is 0.233 e. The third kappa shape index (κ3) is 4.92. The normalized spacial score (nSPS) is 15.2. The Balaban J connectivity index is 4.54. The Morgan fingerprint density at radius 1 is 1.12 bits per heavy atom. The molecule has 1 unspecified atom stereocenters. The predicted octanol–water partition coefficient (Wildman–Crippen LogP) is 3.13. The van der Waals surface area contributed by atoms with E-state index in [1.54, 1.807) is 6.92 Å². The topological polar surface area (TPSA) is 52.4 Å². The first kappa shape index (κ1) is 15.4. The standard InChI is InChI=1S/C12H25NO3/c1-9(13(14)15)8-16-10(11(2,3)4)12(5,6)7/h9-10H,8H2,1-7H3.